The molecule has 1 aliphatic rings. The Kier molecular flexibility index (Phi) is 5.93. The van der Waals surface area contributed by atoms with Gasteiger partial charge in [0.25, 0.3) is 11.8 Å². The summed E-state index contributed by atoms with van der Waals surface area (Å²) in [4.78, 5) is 27.2. The molecule has 1 atom stereocenters. The number of hydrogen-bond acceptors (Lipinski definition) is 3. The summed E-state index contributed by atoms with van der Waals surface area (Å²) < 4.78 is 0. The monoisotopic (exact) mass is 438 g/mol. The quantitative estimate of drug-likeness (QED) is 0.499. The molecule has 2 amide bonds. The van der Waals surface area contributed by atoms with Crippen LogP contribution in [-0.2, 0) is 12.8 Å². The fraction of sp³-hybridized carbons (Fsp3) is 0.250. The van der Waals surface area contributed by atoms with Gasteiger partial charge in [-0.3, -0.25) is 9.59 Å². The minimum atomic E-state index is -0.217. The van der Waals surface area contributed by atoms with E-state index in [1.54, 1.807) is 18.2 Å². The number of carbonyl (C=O) groups is 2. The Morgan fingerprint density at radius 2 is 1.83 bits per heavy atom. The Labute approximate surface area is 185 Å². The number of aryl methyl sites for hydroxylation is 1. The first-order valence-corrected chi connectivity index (χ1v) is 11.2. The molecule has 6 heteroatoms. The van der Waals surface area contributed by atoms with Crippen LogP contribution < -0.4 is 10.6 Å². The second-order valence-electron chi connectivity index (χ2n) is 7.79. The molecule has 0 bridgehead atoms. The predicted molar refractivity (Wildman–Crippen MR) is 124 cm³/mol. The van der Waals surface area contributed by atoms with Gasteiger partial charge in [0.05, 0.1) is 5.56 Å². The summed E-state index contributed by atoms with van der Waals surface area (Å²) in [5, 5.41) is 7.15. The fourth-order valence-corrected chi connectivity index (χ4v) is 5.29. The van der Waals surface area contributed by atoms with Crippen molar-refractivity contribution in [3.05, 3.63) is 80.7 Å². The fourth-order valence-electron chi connectivity index (χ4n) is 3.71. The van der Waals surface area contributed by atoms with Gasteiger partial charge in [-0.1, -0.05) is 42.8 Å². The van der Waals surface area contributed by atoms with Crippen molar-refractivity contribution in [3.8, 4) is 0 Å². The molecule has 1 heterocycles. The summed E-state index contributed by atoms with van der Waals surface area (Å²) in [5.41, 5.74) is 3.78. The van der Waals surface area contributed by atoms with E-state index in [9.17, 15) is 9.59 Å². The van der Waals surface area contributed by atoms with Crippen LogP contribution in [0.2, 0.25) is 5.02 Å². The molecule has 1 aromatic heterocycles. The molecule has 2 N–H and O–H groups in total. The molecular formula is C24H23ClN2O2S. The molecule has 0 fully saturated rings. The van der Waals surface area contributed by atoms with Crippen molar-refractivity contribution >= 4 is 45.4 Å². The largest absolute Gasteiger partial charge is 0.322 e. The summed E-state index contributed by atoms with van der Waals surface area (Å²) in [7, 11) is 0. The van der Waals surface area contributed by atoms with Crippen LogP contribution in [0.4, 0.5) is 10.7 Å². The van der Waals surface area contributed by atoms with Crippen LogP contribution in [0, 0.1) is 12.8 Å². The van der Waals surface area contributed by atoms with E-state index in [-0.39, 0.29) is 11.8 Å². The van der Waals surface area contributed by atoms with E-state index >= 15 is 0 Å². The number of hydrogen-bond donors (Lipinski definition) is 2. The third-order valence-electron chi connectivity index (χ3n) is 5.43. The molecule has 4 nitrogen and oxygen atoms in total. The topological polar surface area (TPSA) is 58.2 Å². The third kappa shape index (κ3) is 4.27. The molecule has 0 saturated carbocycles. The first-order chi connectivity index (χ1) is 14.4. The molecule has 4 rings (SSSR count). The molecule has 0 spiro atoms. The molecular weight excluding hydrogens is 416 g/mol. The summed E-state index contributed by atoms with van der Waals surface area (Å²) in [6.45, 7) is 4.14. The maximum Gasteiger partial charge on any atom is 0.258 e. The van der Waals surface area contributed by atoms with E-state index < -0.39 is 0 Å². The van der Waals surface area contributed by atoms with Crippen molar-refractivity contribution in [2.45, 2.75) is 33.1 Å². The number of rotatable bonds is 4. The van der Waals surface area contributed by atoms with Crippen molar-refractivity contribution in [3.63, 3.8) is 0 Å². The van der Waals surface area contributed by atoms with Gasteiger partial charge < -0.3 is 10.6 Å². The average Bonchev–Trinajstić information content (AvgIpc) is 3.08. The van der Waals surface area contributed by atoms with E-state index in [1.807, 2.05) is 37.3 Å². The minimum absolute atomic E-state index is 0.213. The number of nitrogens with one attached hydrogen (secondary N) is 2. The molecule has 1 unspecified atom stereocenters. The van der Waals surface area contributed by atoms with E-state index in [4.69, 9.17) is 11.6 Å². The van der Waals surface area contributed by atoms with E-state index in [1.165, 1.54) is 16.2 Å². The van der Waals surface area contributed by atoms with E-state index in [0.29, 0.717) is 32.8 Å². The van der Waals surface area contributed by atoms with Crippen molar-refractivity contribution in [1.29, 1.82) is 0 Å². The van der Waals surface area contributed by atoms with Crippen LogP contribution in [0.1, 0.15) is 50.1 Å². The van der Waals surface area contributed by atoms with Crippen LogP contribution in [0.15, 0.2) is 48.5 Å². The number of halogens is 1. The first kappa shape index (κ1) is 20.6. The van der Waals surface area contributed by atoms with Crippen molar-refractivity contribution in [2.24, 2.45) is 5.92 Å². The van der Waals surface area contributed by atoms with Crippen LogP contribution in [0.3, 0.4) is 0 Å². The van der Waals surface area contributed by atoms with Gasteiger partial charge >= 0.3 is 0 Å². The lowest BCUT2D eigenvalue weighted by Crippen LogP contribution is -2.19. The van der Waals surface area contributed by atoms with Gasteiger partial charge in [0.2, 0.25) is 0 Å². The van der Waals surface area contributed by atoms with Gasteiger partial charge in [-0.05, 0) is 67.5 Å². The zero-order valence-corrected chi connectivity index (χ0v) is 18.5. The first-order valence-electron chi connectivity index (χ1n) is 10.0. The van der Waals surface area contributed by atoms with Crippen molar-refractivity contribution in [1.82, 2.24) is 0 Å². The highest BCUT2D eigenvalue weighted by atomic mass is 35.5. The zero-order chi connectivity index (χ0) is 21.3. The summed E-state index contributed by atoms with van der Waals surface area (Å²) in [5.74, 6) is 0.139. The number of benzene rings is 2. The smallest absolute Gasteiger partial charge is 0.258 e. The Balaban J connectivity index is 1.67. The third-order valence-corrected chi connectivity index (χ3v) is 7.01. The second kappa shape index (κ2) is 8.62. The second-order valence-corrected chi connectivity index (χ2v) is 9.31. The normalized spacial score (nSPS) is 15.4. The van der Waals surface area contributed by atoms with Crippen LogP contribution in [0.25, 0.3) is 0 Å². The number of amides is 2. The molecule has 154 valence electrons. The van der Waals surface area contributed by atoms with Gasteiger partial charge in [0.1, 0.15) is 5.00 Å². The van der Waals surface area contributed by atoms with Crippen LogP contribution >= 0.6 is 22.9 Å². The lowest BCUT2D eigenvalue weighted by Gasteiger charge is -2.18. The molecule has 0 radical (unpaired) electrons. The Morgan fingerprint density at radius 3 is 2.57 bits per heavy atom. The van der Waals surface area contributed by atoms with Crippen molar-refractivity contribution in [2.75, 3.05) is 10.6 Å². The summed E-state index contributed by atoms with van der Waals surface area (Å²) in [6, 6.07) is 14.5. The van der Waals surface area contributed by atoms with Gasteiger partial charge in [0.15, 0.2) is 0 Å². The van der Waals surface area contributed by atoms with Gasteiger partial charge in [0, 0.05) is 21.2 Å². The molecule has 0 aliphatic heterocycles. The highest BCUT2D eigenvalue weighted by Gasteiger charge is 2.28. The Morgan fingerprint density at radius 1 is 1.07 bits per heavy atom. The number of anilines is 2. The number of fused-ring (bicyclic) bond motifs is 1. The maximum atomic E-state index is 13.3. The van der Waals surface area contributed by atoms with Crippen LogP contribution in [-0.4, -0.2) is 11.8 Å². The number of thiophene rings is 1. The summed E-state index contributed by atoms with van der Waals surface area (Å²) in [6.07, 6.45) is 2.80. The molecule has 2 aromatic carbocycles. The molecule has 30 heavy (non-hydrogen) atoms. The lowest BCUT2D eigenvalue weighted by molar-refractivity contribution is 0.102. The van der Waals surface area contributed by atoms with E-state index in [2.05, 4.69) is 17.6 Å². The highest BCUT2D eigenvalue weighted by Crippen LogP contribution is 2.40. The highest BCUT2D eigenvalue weighted by molar-refractivity contribution is 7.17. The molecule has 0 saturated heterocycles. The predicted octanol–water partition coefficient (Wildman–Crippen LogP) is 6.34. The van der Waals surface area contributed by atoms with Gasteiger partial charge in [-0.15, -0.1) is 11.3 Å². The zero-order valence-electron chi connectivity index (χ0n) is 16.9. The average molecular weight is 439 g/mol. The molecule has 3 aromatic rings. The standard InChI is InChI=1S/C24H23ClN2O2S/c1-14-8-11-18-20(12-14)30-24(27-22(28)16-6-4-3-5-7-16)21(18)23(29)26-17-10-9-15(2)19(25)13-17/h3-7,9-10,13-14H,8,11-12H2,1-2H3,(H,26,29)(H,27,28). The minimum Gasteiger partial charge on any atom is -0.322 e. The Hall–Kier alpha value is -2.63. The lowest BCUT2D eigenvalue weighted by atomic mass is 9.88. The van der Waals surface area contributed by atoms with Gasteiger partial charge in [-0.25, -0.2) is 0 Å². The SMILES string of the molecule is Cc1ccc(NC(=O)c2c(NC(=O)c3ccccc3)sc3c2CCC(C)C3)cc1Cl. The molecule has 1 aliphatic carbocycles. The maximum absolute atomic E-state index is 13.3. The van der Waals surface area contributed by atoms with E-state index in [0.717, 1.165) is 30.4 Å². The van der Waals surface area contributed by atoms with Crippen molar-refractivity contribution < 1.29 is 9.59 Å². The number of carbonyl (C=O) groups excluding carboxylic acids is 2. The Bertz CT molecular complexity index is 1110. The van der Waals surface area contributed by atoms with Crippen LogP contribution in [0.5, 0.6) is 0 Å². The summed E-state index contributed by atoms with van der Waals surface area (Å²) >= 11 is 7.73. The van der Waals surface area contributed by atoms with Gasteiger partial charge in [-0.2, -0.15) is 0 Å².